The molecule has 0 fully saturated rings. The molecule has 0 aliphatic heterocycles. The van der Waals surface area contributed by atoms with Crippen molar-refractivity contribution in [1.82, 2.24) is 0 Å². The molecule has 0 bridgehead atoms. The van der Waals surface area contributed by atoms with Gasteiger partial charge in [0.15, 0.2) is 0 Å². The summed E-state index contributed by atoms with van der Waals surface area (Å²) in [4.78, 5) is 0. The normalized spacial score (nSPS) is 13.0. The van der Waals surface area contributed by atoms with Crippen molar-refractivity contribution >= 4 is 34.2 Å². The molecule has 0 aromatic heterocycles. The quantitative estimate of drug-likeness (QED) is 0.218. The van der Waals surface area contributed by atoms with Crippen molar-refractivity contribution < 1.29 is 0 Å². The van der Waals surface area contributed by atoms with Gasteiger partial charge in [-0.15, -0.1) is 0 Å². The fourth-order valence-electron chi connectivity index (χ4n) is 6.52. The second kappa shape index (κ2) is 10.4. The molecule has 7 rings (SSSR count). The molecule has 0 saturated heterocycles. The fraction of sp³-hybridized carbons (Fsp3) is 0.158. The Bertz CT molecular complexity index is 1680. The lowest BCUT2D eigenvalue weighted by Gasteiger charge is -2.34. The molecule has 0 unspecified atom stereocenters. The summed E-state index contributed by atoms with van der Waals surface area (Å²) in [6, 6.07) is 46.0. The molecule has 0 spiro atoms. The Morgan fingerprint density at radius 1 is 0.462 bits per heavy atom. The first kappa shape index (κ1) is 25.5. The number of aryl methyl sites for hydroxylation is 2. The van der Waals surface area contributed by atoms with E-state index in [0.29, 0.717) is 0 Å². The molecule has 0 saturated carbocycles. The maximum Gasteiger partial charge on any atom is 0.0714 e. The molecule has 0 heterocycles. The van der Waals surface area contributed by atoms with Crippen LogP contribution >= 0.6 is 12.6 Å². The Hall–Kier alpha value is -3.81. The number of hydrogen-bond donors (Lipinski definition) is 1. The molecule has 0 N–H and O–H groups in total. The molecule has 1 aliphatic rings. The Labute approximate surface area is 237 Å². The predicted molar refractivity (Wildman–Crippen MR) is 172 cm³/mol. The Morgan fingerprint density at radius 2 is 0.846 bits per heavy atom. The minimum absolute atomic E-state index is 0.373. The molecular formula is C38H34S. The van der Waals surface area contributed by atoms with Gasteiger partial charge >= 0.3 is 0 Å². The molecule has 0 nitrogen and oxygen atoms in total. The van der Waals surface area contributed by atoms with Crippen LogP contribution in [-0.2, 0) is 18.3 Å². The molecule has 6 aromatic carbocycles. The smallest absolute Gasteiger partial charge is 0.0714 e. The van der Waals surface area contributed by atoms with Gasteiger partial charge in [-0.3, -0.25) is 0 Å². The van der Waals surface area contributed by atoms with Gasteiger partial charge in [0.05, 0.1) is 5.41 Å². The van der Waals surface area contributed by atoms with E-state index in [1.807, 2.05) is 0 Å². The summed E-state index contributed by atoms with van der Waals surface area (Å²) in [5, 5.41) is 5.21. The van der Waals surface area contributed by atoms with Crippen molar-refractivity contribution in [3.05, 3.63) is 155 Å². The van der Waals surface area contributed by atoms with Gasteiger partial charge in [0, 0.05) is 0 Å². The summed E-state index contributed by atoms with van der Waals surface area (Å²) in [5.41, 5.74) is 10.4. The first-order chi connectivity index (χ1) is 19.2. The minimum Gasteiger partial charge on any atom is -0.183 e. The lowest BCUT2D eigenvalue weighted by Crippen LogP contribution is -2.28. The predicted octanol–water partition coefficient (Wildman–Crippen LogP) is 10.0. The van der Waals surface area contributed by atoms with Gasteiger partial charge in [-0.2, -0.15) is 12.6 Å². The Kier molecular flexibility index (Phi) is 6.79. The summed E-state index contributed by atoms with van der Waals surface area (Å²) in [7, 11) is 0. The van der Waals surface area contributed by atoms with Crippen molar-refractivity contribution in [2.45, 2.75) is 32.1 Å². The van der Waals surface area contributed by atoms with E-state index in [0.717, 1.165) is 12.8 Å². The monoisotopic (exact) mass is 522 g/mol. The SMILES string of the molecule is CCc1ccc2cc(C3(c4ccc5cc(CC)ccc5c4)c4ccccc4-c4ccccc43)ccc2c1.CS. The van der Waals surface area contributed by atoms with Gasteiger partial charge in [-0.1, -0.05) is 123 Å². The van der Waals surface area contributed by atoms with Crippen LogP contribution in [0.1, 0.15) is 47.2 Å². The number of benzene rings is 6. The van der Waals surface area contributed by atoms with Crippen molar-refractivity contribution in [2.24, 2.45) is 0 Å². The topological polar surface area (TPSA) is 0 Å². The molecule has 192 valence electrons. The maximum atomic E-state index is 3.53. The highest BCUT2D eigenvalue weighted by Gasteiger charge is 2.46. The molecule has 39 heavy (non-hydrogen) atoms. The van der Waals surface area contributed by atoms with Gasteiger partial charge < -0.3 is 0 Å². The van der Waals surface area contributed by atoms with Crippen molar-refractivity contribution in [3.8, 4) is 11.1 Å². The van der Waals surface area contributed by atoms with Gasteiger partial charge in [0.25, 0.3) is 0 Å². The van der Waals surface area contributed by atoms with E-state index < -0.39 is 0 Å². The molecule has 6 aromatic rings. The molecule has 1 heteroatoms. The maximum absolute atomic E-state index is 3.53. The summed E-state index contributed by atoms with van der Waals surface area (Å²) in [5.74, 6) is 0. The van der Waals surface area contributed by atoms with Gasteiger partial charge in [-0.05, 0) is 97.3 Å². The van der Waals surface area contributed by atoms with E-state index in [4.69, 9.17) is 0 Å². The molecule has 1 aliphatic carbocycles. The third-order valence-corrected chi connectivity index (χ3v) is 8.44. The minimum atomic E-state index is -0.373. The average molecular weight is 523 g/mol. The standard InChI is InChI=1S/C37H30.CH4S/c1-3-25-13-15-29-23-31(19-17-27(29)21-25)37(32-20-18-28-22-26(4-2)14-16-30(28)24-32)35-11-7-5-9-33(35)34-10-6-8-12-36(34)37;1-2/h5-24H,3-4H2,1-2H3;2H,1H3. The zero-order valence-corrected chi connectivity index (χ0v) is 23.8. The number of fused-ring (bicyclic) bond motifs is 5. The van der Waals surface area contributed by atoms with Crippen LogP contribution in [0, 0.1) is 0 Å². The van der Waals surface area contributed by atoms with E-state index >= 15 is 0 Å². The van der Waals surface area contributed by atoms with Crippen LogP contribution in [0.2, 0.25) is 0 Å². The van der Waals surface area contributed by atoms with Crippen molar-refractivity contribution in [1.29, 1.82) is 0 Å². The molecule has 0 atom stereocenters. The van der Waals surface area contributed by atoms with E-state index in [-0.39, 0.29) is 5.41 Å². The van der Waals surface area contributed by atoms with E-state index in [1.165, 1.54) is 66.1 Å². The lowest BCUT2D eigenvalue weighted by atomic mass is 9.67. The molecular weight excluding hydrogens is 488 g/mol. The van der Waals surface area contributed by atoms with E-state index in [1.54, 1.807) is 6.26 Å². The summed E-state index contributed by atoms with van der Waals surface area (Å²) in [6.45, 7) is 4.44. The first-order valence-electron chi connectivity index (χ1n) is 13.9. The van der Waals surface area contributed by atoms with Crippen LogP contribution in [0.3, 0.4) is 0 Å². The van der Waals surface area contributed by atoms with Crippen LogP contribution < -0.4 is 0 Å². The highest BCUT2D eigenvalue weighted by molar-refractivity contribution is 7.79. The average Bonchev–Trinajstić information content (AvgIpc) is 3.32. The zero-order chi connectivity index (χ0) is 27.0. The van der Waals surface area contributed by atoms with Gasteiger partial charge in [0.2, 0.25) is 0 Å². The molecule has 0 radical (unpaired) electrons. The second-order valence-corrected chi connectivity index (χ2v) is 10.3. The van der Waals surface area contributed by atoms with Gasteiger partial charge in [0.1, 0.15) is 0 Å². The largest absolute Gasteiger partial charge is 0.183 e. The molecule has 0 amide bonds. The van der Waals surface area contributed by atoms with Gasteiger partial charge in [-0.25, -0.2) is 0 Å². The lowest BCUT2D eigenvalue weighted by molar-refractivity contribution is 0.771. The third kappa shape index (κ3) is 3.99. The van der Waals surface area contributed by atoms with Crippen LogP contribution in [0.25, 0.3) is 32.7 Å². The Morgan fingerprint density at radius 3 is 1.28 bits per heavy atom. The van der Waals surface area contributed by atoms with Crippen LogP contribution in [-0.4, -0.2) is 6.26 Å². The number of hydrogen-bond acceptors (Lipinski definition) is 1. The highest BCUT2D eigenvalue weighted by atomic mass is 32.1. The first-order valence-corrected chi connectivity index (χ1v) is 14.8. The van der Waals surface area contributed by atoms with Crippen LogP contribution in [0.5, 0.6) is 0 Å². The summed E-state index contributed by atoms with van der Waals surface area (Å²) < 4.78 is 0. The number of thiol groups is 1. The van der Waals surface area contributed by atoms with Crippen molar-refractivity contribution in [3.63, 3.8) is 0 Å². The summed E-state index contributed by atoms with van der Waals surface area (Å²) in [6.07, 6.45) is 3.80. The third-order valence-electron chi connectivity index (χ3n) is 8.44. The number of rotatable bonds is 4. The Balaban J connectivity index is 0.00000135. The van der Waals surface area contributed by atoms with E-state index in [2.05, 4.69) is 148 Å². The fourth-order valence-corrected chi connectivity index (χ4v) is 6.52. The van der Waals surface area contributed by atoms with Crippen molar-refractivity contribution in [2.75, 3.05) is 6.26 Å². The highest BCUT2D eigenvalue weighted by Crippen LogP contribution is 2.56. The summed E-state index contributed by atoms with van der Waals surface area (Å²) >= 11 is 3.53. The van der Waals surface area contributed by atoms with Crippen LogP contribution in [0.4, 0.5) is 0 Å². The zero-order valence-electron chi connectivity index (χ0n) is 22.9. The van der Waals surface area contributed by atoms with Crippen LogP contribution in [0.15, 0.2) is 121 Å². The van der Waals surface area contributed by atoms with E-state index in [9.17, 15) is 0 Å². The second-order valence-electron chi connectivity index (χ2n) is 10.3.